The Balaban J connectivity index is 1.56. The van der Waals surface area contributed by atoms with Crippen LogP contribution in [-0.4, -0.2) is 63.2 Å². The second-order valence-corrected chi connectivity index (χ2v) is 16.0. The molecule has 1 N–H and O–H groups in total. The molecule has 0 radical (unpaired) electrons. The van der Waals surface area contributed by atoms with E-state index in [-0.39, 0.29) is 48.1 Å². The molecule has 0 amide bonds. The van der Waals surface area contributed by atoms with E-state index in [4.69, 9.17) is 0 Å². The number of halogens is 5. The summed E-state index contributed by atoms with van der Waals surface area (Å²) in [5, 5.41) is 10.8. The quantitative estimate of drug-likeness (QED) is 0.362. The number of carbonyl (C=O) groups is 1. The summed E-state index contributed by atoms with van der Waals surface area (Å²) < 4.78 is 121. The molecule has 1 saturated carbocycles. The van der Waals surface area contributed by atoms with Crippen molar-refractivity contribution in [1.82, 2.24) is 4.31 Å². The minimum Gasteiger partial charge on any atom is -0.379 e. The van der Waals surface area contributed by atoms with Gasteiger partial charge in [0.15, 0.2) is 15.6 Å². The number of alkyl halides is 4. The molecule has 230 valence electrons. The van der Waals surface area contributed by atoms with Crippen molar-refractivity contribution < 1.29 is 48.7 Å². The molecule has 0 spiro atoms. The van der Waals surface area contributed by atoms with E-state index in [1.54, 1.807) is 0 Å². The van der Waals surface area contributed by atoms with Gasteiger partial charge < -0.3 is 5.11 Å². The molecule has 2 aromatic carbocycles. The lowest BCUT2D eigenvalue weighted by Gasteiger charge is -2.45. The monoisotopic (exact) mass is 635 g/mol. The smallest absolute Gasteiger partial charge is 0.379 e. The van der Waals surface area contributed by atoms with Gasteiger partial charge in [-0.05, 0) is 85.4 Å². The first-order valence-corrected chi connectivity index (χ1v) is 16.7. The summed E-state index contributed by atoms with van der Waals surface area (Å²) in [6.07, 6.45) is -4.01. The summed E-state index contributed by atoms with van der Waals surface area (Å²) in [5.41, 5.74) is -5.78. The summed E-state index contributed by atoms with van der Waals surface area (Å²) in [4.78, 5) is 13.0. The van der Waals surface area contributed by atoms with Crippen LogP contribution < -0.4 is 0 Å². The highest BCUT2D eigenvalue weighted by atomic mass is 32.2. The highest BCUT2D eigenvalue weighted by Gasteiger charge is 2.62. The molecule has 42 heavy (non-hydrogen) atoms. The summed E-state index contributed by atoms with van der Waals surface area (Å²) in [7, 11) is -7.95. The van der Waals surface area contributed by atoms with Gasteiger partial charge in [0.2, 0.25) is 15.7 Å². The summed E-state index contributed by atoms with van der Waals surface area (Å²) in [6.45, 7) is -0.416. The fourth-order valence-electron chi connectivity index (χ4n) is 6.87. The zero-order chi connectivity index (χ0) is 31.1. The van der Waals surface area contributed by atoms with E-state index in [1.807, 2.05) is 0 Å². The normalized spacial score (nSPS) is 27.4. The lowest BCUT2D eigenvalue weighted by Crippen LogP contribution is -2.67. The number of β-amino-alcohol motifs (C(OH)–C–C–N with tert-alkyl or cyclic N) is 1. The van der Waals surface area contributed by atoms with Gasteiger partial charge in [-0.25, -0.2) is 25.6 Å². The summed E-state index contributed by atoms with van der Waals surface area (Å²) >= 11 is 0. The molecular weight excluding hydrogens is 605 g/mol. The average Bonchev–Trinajstić information content (AvgIpc) is 3.25. The molecule has 2 aliphatic carbocycles. The number of carbonyl (C=O) groups excluding carboxylic acids is 1. The number of aryl methyl sites for hydroxylation is 1. The number of nitrogens with zero attached hydrogens (tertiary/aromatic N) is 1. The highest BCUT2D eigenvalue weighted by Crippen LogP contribution is 2.60. The van der Waals surface area contributed by atoms with Crippen LogP contribution in [0.3, 0.4) is 0 Å². The van der Waals surface area contributed by atoms with Crippen LogP contribution in [0.15, 0.2) is 47.4 Å². The molecule has 2 fully saturated rings. The molecule has 4 atom stereocenters. The summed E-state index contributed by atoms with van der Waals surface area (Å²) in [5.74, 6) is -2.55. The molecule has 1 heterocycles. The maximum atomic E-state index is 14.9. The Morgan fingerprint density at radius 1 is 1.02 bits per heavy atom. The largest absolute Gasteiger partial charge is 0.426 e. The number of benzene rings is 2. The molecule has 1 aliphatic heterocycles. The first kappa shape index (κ1) is 31.0. The van der Waals surface area contributed by atoms with Crippen LogP contribution in [0, 0.1) is 17.7 Å². The second-order valence-electron chi connectivity index (χ2n) is 11.9. The third-order valence-electron chi connectivity index (χ3n) is 9.33. The number of ketones is 1. The topological polar surface area (TPSA) is 109 Å². The van der Waals surface area contributed by atoms with Crippen LogP contribution in [-0.2, 0) is 41.5 Å². The maximum Gasteiger partial charge on any atom is 0.426 e. The van der Waals surface area contributed by atoms with Gasteiger partial charge in [0.05, 0.1) is 24.2 Å². The van der Waals surface area contributed by atoms with Crippen molar-refractivity contribution in [3.8, 4) is 0 Å². The van der Waals surface area contributed by atoms with Crippen LogP contribution in [0.4, 0.5) is 22.0 Å². The van der Waals surface area contributed by atoms with Crippen molar-refractivity contribution in [2.75, 3.05) is 19.3 Å². The number of fused-ring (bicyclic) bond motifs is 3. The van der Waals surface area contributed by atoms with Crippen molar-refractivity contribution in [3.63, 3.8) is 0 Å². The molecule has 1 unspecified atom stereocenters. The van der Waals surface area contributed by atoms with Crippen molar-refractivity contribution in [2.45, 2.75) is 66.1 Å². The van der Waals surface area contributed by atoms with E-state index in [1.165, 1.54) is 6.07 Å². The van der Waals surface area contributed by atoms with Crippen molar-refractivity contribution in [2.24, 2.45) is 11.8 Å². The van der Waals surface area contributed by atoms with Crippen molar-refractivity contribution in [1.29, 1.82) is 0 Å². The molecule has 2 aromatic rings. The van der Waals surface area contributed by atoms with E-state index < -0.39 is 84.1 Å². The number of sulfone groups is 1. The third kappa shape index (κ3) is 4.69. The van der Waals surface area contributed by atoms with Crippen LogP contribution in [0.5, 0.6) is 0 Å². The number of Topliss-reactive ketones (excluding diaryl/α,β-unsaturated/α-hetero) is 1. The lowest BCUT2D eigenvalue weighted by atomic mass is 9.71. The van der Waals surface area contributed by atoms with Gasteiger partial charge in [0.25, 0.3) is 0 Å². The Morgan fingerprint density at radius 3 is 2.21 bits per heavy atom. The Morgan fingerprint density at radius 2 is 1.64 bits per heavy atom. The Kier molecular flexibility index (Phi) is 7.23. The number of hydrogen-bond acceptors (Lipinski definition) is 6. The first-order chi connectivity index (χ1) is 19.2. The fraction of sp³-hybridized carbons (Fsp3) is 0.536. The van der Waals surface area contributed by atoms with Gasteiger partial charge in [-0.1, -0.05) is 18.2 Å². The SMILES string of the molecule is CC(F)(c1ccc2c(c1)CC[C@H]1[C@H](CC(=O)C3(O)CN(S(C)(=O)=O)C3)CC[C@@]21S(=O)(=O)c1ccc(F)cc1)C(F)(F)F. The van der Waals surface area contributed by atoms with Gasteiger partial charge >= 0.3 is 6.18 Å². The van der Waals surface area contributed by atoms with Crippen molar-refractivity contribution >= 4 is 25.6 Å². The second kappa shape index (κ2) is 9.80. The maximum absolute atomic E-state index is 14.9. The fourth-order valence-corrected chi connectivity index (χ4v) is 10.3. The standard InChI is InChI=1S/C28H30F5NO6S2/c1-25(30,28(31,32)33)19-4-10-23-17(13-19)3-9-22-18(14-24(35)26(36)15-34(16-26)41(2,37)38)11-12-27(22,23)42(39,40)21-7-5-20(29)6-8-21/h4-8,10,13,18,22,36H,3,9,11-12,14-16H2,1-2H3/t18-,22-,25?,27-/m0/s1. The van der Waals surface area contributed by atoms with Gasteiger partial charge in [-0.15, -0.1) is 0 Å². The lowest BCUT2D eigenvalue weighted by molar-refractivity contribution is -0.228. The number of aliphatic hydroxyl groups is 1. The molecule has 0 aromatic heterocycles. The zero-order valence-electron chi connectivity index (χ0n) is 22.8. The van der Waals surface area contributed by atoms with Crippen LogP contribution in [0.1, 0.15) is 49.3 Å². The van der Waals surface area contributed by atoms with E-state index >= 15 is 0 Å². The predicted molar refractivity (Wildman–Crippen MR) is 142 cm³/mol. The molecule has 5 rings (SSSR count). The number of sulfonamides is 1. The molecule has 1 saturated heterocycles. The van der Waals surface area contributed by atoms with E-state index in [2.05, 4.69) is 0 Å². The molecule has 7 nitrogen and oxygen atoms in total. The molecule has 3 aliphatic rings. The van der Waals surface area contributed by atoms with Gasteiger partial charge in [0, 0.05) is 6.42 Å². The minimum absolute atomic E-state index is 0.0122. The number of rotatable bonds is 7. The van der Waals surface area contributed by atoms with E-state index in [0.717, 1.165) is 47.0 Å². The predicted octanol–water partition coefficient (Wildman–Crippen LogP) is 4.18. The Hall–Kier alpha value is -2.42. The van der Waals surface area contributed by atoms with Gasteiger partial charge in [0.1, 0.15) is 16.2 Å². The zero-order valence-corrected chi connectivity index (χ0v) is 24.4. The average molecular weight is 636 g/mol. The number of hydrogen-bond donors (Lipinski definition) is 1. The van der Waals surface area contributed by atoms with Crippen LogP contribution in [0.25, 0.3) is 0 Å². The molecular formula is C28H30F5NO6S2. The van der Waals surface area contributed by atoms with Crippen LogP contribution >= 0.6 is 0 Å². The third-order valence-corrected chi connectivity index (χ3v) is 13.1. The minimum atomic E-state index is -5.20. The molecule has 0 bridgehead atoms. The van der Waals surface area contributed by atoms with Gasteiger partial charge in [-0.2, -0.15) is 17.5 Å². The first-order valence-electron chi connectivity index (χ1n) is 13.3. The Labute approximate surface area is 240 Å². The van der Waals surface area contributed by atoms with E-state index in [0.29, 0.717) is 6.92 Å². The van der Waals surface area contributed by atoms with Crippen molar-refractivity contribution in [3.05, 3.63) is 65.0 Å². The molecule has 14 heteroatoms. The van der Waals surface area contributed by atoms with E-state index in [9.17, 15) is 48.7 Å². The Bertz CT molecular complexity index is 1630. The summed E-state index contributed by atoms with van der Waals surface area (Å²) in [6, 6.07) is 7.39. The van der Waals surface area contributed by atoms with Gasteiger partial charge in [-0.3, -0.25) is 4.79 Å². The van der Waals surface area contributed by atoms with Crippen LogP contribution in [0.2, 0.25) is 0 Å². The highest BCUT2D eigenvalue weighted by molar-refractivity contribution is 7.92.